The van der Waals surface area contributed by atoms with Crippen LogP contribution in [0.4, 0.5) is 18.0 Å². The number of carbonyl (C=O) groups is 1. The lowest BCUT2D eigenvalue weighted by Gasteiger charge is -2.24. The second-order valence-corrected chi connectivity index (χ2v) is 6.85. The minimum atomic E-state index is -4.39. The summed E-state index contributed by atoms with van der Waals surface area (Å²) in [6, 6.07) is 11.1. The lowest BCUT2D eigenvalue weighted by molar-refractivity contribution is -0.153. The number of carbonyl (C=O) groups excluding carboxylic acids is 1. The van der Waals surface area contributed by atoms with Crippen molar-refractivity contribution < 1.29 is 32.2 Å². The van der Waals surface area contributed by atoms with E-state index in [4.69, 9.17) is 14.2 Å². The normalized spacial score (nSPS) is 13.6. The third-order valence-electron chi connectivity index (χ3n) is 4.60. The molecule has 2 amide bonds. The topological polar surface area (TPSA) is 60.0 Å². The number of amides is 2. The van der Waals surface area contributed by atoms with Crippen molar-refractivity contribution in [1.29, 1.82) is 0 Å². The smallest absolute Gasteiger partial charge is 0.422 e. The first kappa shape index (κ1) is 21.6. The van der Waals surface area contributed by atoms with Crippen molar-refractivity contribution in [2.24, 2.45) is 0 Å². The Morgan fingerprint density at radius 1 is 1.17 bits per heavy atom. The number of urea groups is 1. The van der Waals surface area contributed by atoms with Gasteiger partial charge >= 0.3 is 12.2 Å². The Morgan fingerprint density at radius 2 is 1.87 bits per heavy atom. The average molecular weight is 424 g/mol. The van der Waals surface area contributed by atoms with Gasteiger partial charge in [-0.25, -0.2) is 4.79 Å². The summed E-state index contributed by atoms with van der Waals surface area (Å²) in [4.78, 5) is 14.3. The van der Waals surface area contributed by atoms with E-state index in [1.807, 2.05) is 25.1 Å². The van der Waals surface area contributed by atoms with Crippen LogP contribution in [0.25, 0.3) is 0 Å². The van der Waals surface area contributed by atoms with E-state index in [-0.39, 0.29) is 24.6 Å². The lowest BCUT2D eigenvalue weighted by Crippen LogP contribution is -2.40. The monoisotopic (exact) mass is 424 g/mol. The van der Waals surface area contributed by atoms with Crippen molar-refractivity contribution in [2.45, 2.75) is 32.6 Å². The molecule has 0 saturated carbocycles. The molecular weight excluding hydrogens is 401 g/mol. The summed E-state index contributed by atoms with van der Waals surface area (Å²) in [6.45, 7) is 3.42. The SMILES string of the molecule is CCN(Cc1ccc2c(c1)OCO2)C(=O)NC(C)c1ccc(OCC(F)(F)F)cc1. The van der Waals surface area contributed by atoms with Crippen LogP contribution in [0.5, 0.6) is 17.2 Å². The van der Waals surface area contributed by atoms with Crippen LogP contribution in [0.3, 0.4) is 0 Å². The molecule has 1 aliphatic rings. The minimum Gasteiger partial charge on any atom is -0.484 e. The molecule has 9 heteroatoms. The molecule has 162 valence electrons. The van der Waals surface area contributed by atoms with E-state index in [1.165, 1.54) is 12.1 Å². The first-order chi connectivity index (χ1) is 14.2. The second-order valence-electron chi connectivity index (χ2n) is 6.85. The van der Waals surface area contributed by atoms with E-state index in [0.717, 1.165) is 11.1 Å². The van der Waals surface area contributed by atoms with E-state index in [9.17, 15) is 18.0 Å². The summed E-state index contributed by atoms with van der Waals surface area (Å²) in [5.41, 5.74) is 1.66. The highest BCUT2D eigenvalue weighted by atomic mass is 19.4. The van der Waals surface area contributed by atoms with Crippen LogP contribution in [0.15, 0.2) is 42.5 Å². The number of ether oxygens (including phenoxy) is 3. The summed E-state index contributed by atoms with van der Waals surface area (Å²) in [6.07, 6.45) is -4.39. The summed E-state index contributed by atoms with van der Waals surface area (Å²) in [5.74, 6) is 1.46. The Hall–Kier alpha value is -3.10. The molecule has 2 aromatic rings. The number of nitrogens with one attached hydrogen (secondary N) is 1. The van der Waals surface area contributed by atoms with Crippen molar-refractivity contribution in [3.63, 3.8) is 0 Å². The molecule has 1 atom stereocenters. The Kier molecular flexibility index (Phi) is 6.59. The van der Waals surface area contributed by atoms with Gasteiger partial charge in [-0.05, 0) is 49.2 Å². The molecule has 1 aliphatic heterocycles. The maximum atomic E-state index is 12.7. The Labute approximate surface area is 172 Å². The quantitative estimate of drug-likeness (QED) is 0.703. The molecule has 6 nitrogen and oxygen atoms in total. The van der Waals surface area contributed by atoms with Gasteiger partial charge in [0.2, 0.25) is 6.79 Å². The molecule has 0 bridgehead atoms. The third kappa shape index (κ3) is 5.71. The van der Waals surface area contributed by atoms with Gasteiger partial charge in [-0.15, -0.1) is 0 Å². The molecular formula is C21H23F3N2O4. The number of alkyl halides is 3. The van der Waals surface area contributed by atoms with E-state index in [1.54, 1.807) is 24.0 Å². The van der Waals surface area contributed by atoms with Crippen molar-refractivity contribution in [3.05, 3.63) is 53.6 Å². The number of fused-ring (bicyclic) bond motifs is 1. The molecule has 0 radical (unpaired) electrons. The number of hydrogen-bond donors (Lipinski definition) is 1. The zero-order chi connectivity index (χ0) is 21.7. The molecule has 1 N–H and O–H groups in total. The van der Waals surface area contributed by atoms with Gasteiger partial charge in [0.1, 0.15) is 5.75 Å². The van der Waals surface area contributed by atoms with Crippen LogP contribution < -0.4 is 19.5 Å². The highest BCUT2D eigenvalue weighted by Crippen LogP contribution is 2.32. The minimum absolute atomic E-state index is 0.118. The fourth-order valence-corrected chi connectivity index (χ4v) is 2.96. The number of halogens is 3. The van der Waals surface area contributed by atoms with Gasteiger partial charge in [0, 0.05) is 13.1 Å². The van der Waals surface area contributed by atoms with Crippen LogP contribution in [0, 0.1) is 0 Å². The van der Waals surface area contributed by atoms with Crippen LogP contribution >= 0.6 is 0 Å². The maximum absolute atomic E-state index is 12.7. The average Bonchev–Trinajstić information content (AvgIpc) is 3.18. The highest BCUT2D eigenvalue weighted by molar-refractivity contribution is 5.74. The first-order valence-electron chi connectivity index (χ1n) is 9.48. The molecule has 0 saturated heterocycles. The predicted molar refractivity (Wildman–Crippen MR) is 104 cm³/mol. The number of rotatable bonds is 7. The number of nitrogens with zero attached hydrogens (tertiary/aromatic N) is 1. The zero-order valence-electron chi connectivity index (χ0n) is 16.7. The van der Waals surface area contributed by atoms with Gasteiger partial charge in [0.25, 0.3) is 0 Å². The Balaban J connectivity index is 1.56. The van der Waals surface area contributed by atoms with E-state index >= 15 is 0 Å². The largest absolute Gasteiger partial charge is 0.484 e. The van der Waals surface area contributed by atoms with E-state index in [2.05, 4.69) is 5.32 Å². The van der Waals surface area contributed by atoms with Crippen molar-refractivity contribution in [2.75, 3.05) is 19.9 Å². The molecule has 0 aliphatic carbocycles. The fraction of sp³-hybridized carbons (Fsp3) is 0.381. The van der Waals surface area contributed by atoms with Crippen molar-refractivity contribution in [1.82, 2.24) is 10.2 Å². The number of hydrogen-bond acceptors (Lipinski definition) is 4. The molecule has 0 aromatic heterocycles. The van der Waals surface area contributed by atoms with Gasteiger partial charge in [-0.1, -0.05) is 18.2 Å². The molecule has 3 rings (SSSR count). The maximum Gasteiger partial charge on any atom is 0.422 e. The van der Waals surface area contributed by atoms with Gasteiger partial charge in [0.05, 0.1) is 6.04 Å². The summed E-state index contributed by atoms with van der Waals surface area (Å²) >= 11 is 0. The molecule has 30 heavy (non-hydrogen) atoms. The second kappa shape index (κ2) is 9.15. The summed E-state index contributed by atoms with van der Waals surface area (Å²) in [5, 5.41) is 2.91. The summed E-state index contributed by atoms with van der Waals surface area (Å²) < 4.78 is 52.1. The van der Waals surface area contributed by atoms with E-state index in [0.29, 0.717) is 24.6 Å². The van der Waals surface area contributed by atoms with Crippen molar-refractivity contribution in [3.8, 4) is 17.2 Å². The molecule has 0 spiro atoms. The molecule has 1 unspecified atom stereocenters. The van der Waals surface area contributed by atoms with Crippen LogP contribution in [0.1, 0.15) is 31.0 Å². The van der Waals surface area contributed by atoms with Crippen LogP contribution in [-0.2, 0) is 6.54 Å². The van der Waals surface area contributed by atoms with Gasteiger partial charge in [-0.2, -0.15) is 13.2 Å². The summed E-state index contributed by atoms with van der Waals surface area (Å²) in [7, 11) is 0. The van der Waals surface area contributed by atoms with Gasteiger partial charge in [-0.3, -0.25) is 0 Å². The van der Waals surface area contributed by atoms with Crippen LogP contribution in [-0.4, -0.2) is 37.1 Å². The Bertz CT molecular complexity index is 872. The van der Waals surface area contributed by atoms with Crippen LogP contribution in [0.2, 0.25) is 0 Å². The first-order valence-corrected chi connectivity index (χ1v) is 9.48. The van der Waals surface area contributed by atoms with Crippen molar-refractivity contribution >= 4 is 6.03 Å². The predicted octanol–water partition coefficient (Wildman–Crippen LogP) is 4.65. The fourth-order valence-electron chi connectivity index (χ4n) is 2.96. The molecule has 2 aromatic carbocycles. The van der Waals surface area contributed by atoms with E-state index < -0.39 is 12.8 Å². The Morgan fingerprint density at radius 3 is 2.53 bits per heavy atom. The third-order valence-corrected chi connectivity index (χ3v) is 4.60. The molecule has 1 heterocycles. The van der Waals surface area contributed by atoms with Gasteiger partial charge in [0.15, 0.2) is 18.1 Å². The lowest BCUT2D eigenvalue weighted by atomic mass is 10.1. The van der Waals surface area contributed by atoms with Gasteiger partial charge < -0.3 is 24.4 Å². The number of benzene rings is 2. The zero-order valence-corrected chi connectivity index (χ0v) is 16.7. The highest BCUT2D eigenvalue weighted by Gasteiger charge is 2.28. The molecule has 0 fully saturated rings. The standard InChI is InChI=1S/C21H23F3N2O4/c1-3-26(11-15-4-9-18-19(10-15)30-13-29-18)20(27)25-14(2)16-5-7-17(8-6-16)28-12-21(22,23)24/h4-10,14H,3,11-13H2,1-2H3,(H,25,27).